The third kappa shape index (κ3) is 4.71. The number of likely N-dealkylation sites (tertiary alicyclic amines) is 1. The molecule has 0 radical (unpaired) electrons. The van der Waals surface area contributed by atoms with Crippen LogP contribution < -0.4 is 10.1 Å². The first-order chi connectivity index (χ1) is 14.1. The quantitative estimate of drug-likeness (QED) is 0.711. The zero-order chi connectivity index (χ0) is 20.2. The van der Waals surface area contributed by atoms with Gasteiger partial charge in [-0.05, 0) is 44.9 Å². The van der Waals surface area contributed by atoms with Crippen molar-refractivity contribution in [1.29, 1.82) is 0 Å². The Morgan fingerprint density at radius 3 is 2.72 bits per heavy atom. The van der Waals surface area contributed by atoms with Gasteiger partial charge in [-0.25, -0.2) is 9.78 Å². The van der Waals surface area contributed by atoms with Crippen LogP contribution in [0.25, 0.3) is 0 Å². The van der Waals surface area contributed by atoms with Gasteiger partial charge >= 0.3 is 6.03 Å². The molecule has 1 unspecified atom stereocenters. The number of amides is 2. The Kier molecular flexibility index (Phi) is 5.41. The molecule has 29 heavy (non-hydrogen) atoms. The molecule has 3 aromatic rings. The molecule has 0 saturated carbocycles. The Morgan fingerprint density at radius 1 is 1.21 bits per heavy atom. The first-order valence-electron chi connectivity index (χ1n) is 9.63. The van der Waals surface area contributed by atoms with E-state index in [1.165, 1.54) is 0 Å². The SMILES string of the molecule is Cc1ccc(Oc2ccc(NC(=O)N3CCCC(c4nc(C)no4)C3)cn2)cc1. The van der Waals surface area contributed by atoms with Crippen molar-refractivity contribution in [3.05, 3.63) is 59.9 Å². The molecule has 4 rings (SSSR count). The van der Waals surface area contributed by atoms with Crippen molar-refractivity contribution in [3.8, 4) is 11.6 Å². The molecule has 1 N–H and O–H groups in total. The lowest BCUT2D eigenvalue weighted by atomic mass is 9.98. The number of aryl methyl sites for hydroxylation is 2. The summed E-state index contributed by atoms with van der Waals surface area (Å²) in [6, 6.07) is 11.1. The lowest BCUT2D eigenvalue weighted by molar-refractivity contribution is 0.184. The fraction of sp³-hybridized carbons (Fsp3) is 0.333. The molecule has 1 saturated heterocycles. The average Bonchev–Trinajstić information content (AvgIpc) is 3.18. The van der Waals surface area contributed by atoms with Gasteiger partial charge in [0.2, 0.25) is 11.8 Å². The van der Waals surface area contributed by atoms with Crippen molar-refractivity contribution >= 4 is 11.7 Å². The minimum absolute atomic E-state index is 0.0686. The number of aromatic nitrogens is 3. The summed E-state index contributed by atoms with van der Waals surface area (Å²) in [6.45, 7) is 5.06. The van der Waals surface area contributed by atoms with Crippen molar-refractivity contribution in [3.63, 3.8) is 0 Å². The summed E-state index contributed by atoms with van der Waals surface area (Å²) in [6.07, 6.45) is 3.41. The number of urea groups is 1. The van der Waals surface area contributed by atoms with E-state index in [1.54, 1.807) is 30.2 Å². The van der Waals surface area contributed by atoms with Crippen LogP contribution in [0.15, 0.2) is 47.1 Å². The van der Waals surface area contributed by atoms with Crippen LogP contribution in [0.1, 0.15) is 36.0 Å². The molecule has 2 amide bonds. The first-order valence-corrected chi connectivity index (χ1v) is 9.63. The molecule has 8 nitrogen and oxygen atoms in total. The second kappa shape index (κ2) is 8.30. The maximum Gasteiger partial charge on any atom is 0.321 e. The second-order valence-corrected chi connectivity index (χ2v) is 7.20. The first kappa shape index (κ1) is 18.9. The van der Waals surface area contributed by atoms with E-state index in [-0.39, 0.29) is 11.9 Å². The van der Waals surface area contributed by atoms with E-state index in [2.05, 4.69) is 20.4 Å². The lowest BCUT2D eigenvalue weighted by Crippen LogP contribution is -2.41. The monoisotopic (exact) mass is 393 g/mol. The van der Waals surface area contributed by atoms with E-state index >= 15 is 0 Å². The summed E-state index contributed by atoms with van der Waals surface area (Å²) in [5.41, 5.74) is 1.78. The average molecular weight is 393 g/mol. The van der Waals surface area contributed by atoms with Crippen molar-refractivity contribution in [2.45, 2.75) is 32.6 Å². The molecule has 3 heterocycles. The molecule has 1 fully saturated rings. The molecular weight excluding hydrogens is 370 g/mol. The van der Waals surface area contributed by atoms with Crippen molar-refractivity contribution in [2.75, 3.05) is 18.4 Å². The van der Waals surface area contributed by atoms with Gasteiger partial charge in [0.05, 0.1) is 17.8 Å². The maximum atomic E-state index is 12.6. The third-order valence-electron chi connectivity index (χ3n) is 4.83. The Balaban J connectivity index is 1.34. The van der Waals surface area contributed by atoms with Crippen molar-refractivity contribution in [1.82, 2.24) is 20.0 Å². The standard InChI is InChI=1S/C21H23N5O3/c1-14-5-8-18(9-6-14)28-19-10-7-17(12-22-19)24-21(27)26-11-3-4-16(13-26)20-23-15(2)25-29-20/h5-10,12,16H,3-4,11,13H2,1-2H3,(H,24,27). The number of ether oxygens (including phenoxy) is 1. The number of carbonyl (C=O) groups is 1. The lowest BCUT2D eigenvalue weighted by Gasteiger charge is -2.31. The Bertz CT molecular complexity index is 969. The largest absolute Gasteiger partial charge is 0.439 e. The third-order valence-corrected chi connectivity index (χ3v) is 4.83. The Labute approximate surface area is 168 Å². The summed E-state index contributed by atoms with van der Waals surface area (Å²) in [5.74, 6) is 2.46. The zero-order valence-electron chi connectivity index (χ0n) is 16.5. The van der Waals surface area contributed by atoms with Gasteiger partial charge in [0, 0.05) is 19.2 Å². The second-order valence-electron chi connectivity index (χ2n) is 7.20. The van der Waals surface area contributed by atoms with Gasteiger partial charge in [0.25, 0.3) is 0 Å². The number of hydrogen-bond donors (Lipinski definition) is 1. The number of anilines is 1. The highest BCUT2D eigenvalue weighted by Gasteiger charge is 2.28. The van der Waals surface area contributed by atoms with Crippen LogP contribution in [0.4, 0.5) is 10.5 Å². The smallest absolute Gasteiger partial charge is 0.321 e. The Morgan fingerprint density at radius 2 is 2.03 bits per heavy atom. The summed E-state index contributed by atoms with van der Waals surface area (Å²) in [4.78, 5) is 23.0. The minimum atomic E-state index is -0.167. The molecule has 8 heteroatoms. The van der Waals surface area contributed by atoms with Crippen LogP contribution in [-0.2, 0) is 0 Å². The molecule has 0 aliphatic carbocycles. The van der Waals surface area contributed by atoms with Gasteiger partial charge in [-0.3, -0.25) is 0 Å². The fourth-order valence-electron chi connectivity index (χ4n) is 3.29. The van der Waals surface area contributed by atoms with E-state index in [0.29, 0.717) is 36.4 Å². The normalized spacial score (nSPS) is 16.5. The van der Waals surface area contributed by atoms with E-state index in [9.17, 15) is 4.79 Å². The number of nitrogens with zero attached hydrogens (tertiary/aromatic N) is 4. The van der Waals surface area contributed by atoms with E-state index < -0.39 is 0 Å². The molecule has 0 bridgehead atoms. The van der Waals surface area contributed by atoms with Gasteiger partial charge in [-0.15, -0.1) is 0 Å². The van der Waals surface area contributed by atoms with Crippen molar-refractivity contribution < 1.29 is 14.1 Å². The molecule has 1 aliphatic heterocycles. The number of carbonyl (C=O) groups excluding carboxylic acids is 1. The Hall–Kier alpha value is -3.42. The van der Waals surface area contributed by atoms with Crippen molar-refractivity contribution in [2.24, 2.45) is 0 Å². The van der Waals surface area contributed by atoms with Crippen LogP contribution >= 0.6 is 0 Å². The predicted octanol–water partition coefficient (Wildman–Crippen LogP) is 4.29. The molecule has 1 aromatic carbocycles. The molecular formula is C21H23N5O3. The van der Waals surface area contributed by atoms with Crippen LogP contribution in [0.3, 0.4) is 0 Å². The predicted molar refractivity (Wildman–Crippen MR) is 107 cm³/mol. The number of piperidine rings is 1. The van der Waals surface area contributed by atoms with Gasteiger partial charge in [-0.2, -0.15) is 4.98 Å². The van der Waals surface area contributed by atoms with Gasteiger partial charge in [0.15, 0.2) is 5.82 Å². The molecule has 0 spiro atoms. The number of benzene rings is 1. The molecule has 150 valence electrons. The van der Waals surface area contributed by atoms with Crippen LogP contribution in [0.2, 0.25) is 0 Å². The maximum absolute atomic E-state index is 12.6. The van der Waals surface area contributed by atoms with Crippen LogP contribution in [0, 0.1) is 13.8 Å². The van der Waals surface area contributed by atoms with Gasteiger partial charge in [-0.1, -0.05) is 22.9 Å². The number of rotatable bonds is 4. The molecule has 2 aromatic heterocycles. The van der Waals surface area contributed by atoms with E-state index in [1.807, 2.05) is 31.2 Å². The summed E-state index contributed by atoms with van der Waals surface area (Å²) >= 11 is 0. The molecule has 1 atom stereocenters. The highest BCUT2D eigenvalue weighted by molar-refractivity contribution is 5.89. The number of pyridine rings is 1. The summed E-state index contributed by atoms with van der Waals surface area (Å²) < 4.78 is 11.0. The number of hydrogen-bond acceptors (Lipinski definition) is 6. The topological polar surface area (TPSA) is 93.4 Å². The summed E-state index contributed by atoms with van der Waals surface area (Å²) in [7, 11) is 0. The zero-order valence-corrected chi connectivity index (χ0v) is 16.5. The highest BCUT2D eigenvalue weighted by atomic mass is 16.5. The van der Waals surface area contributed by atoms with Gasteiger partial charge in [0.1, 0.15) is 5.75 Å². The van der Waals surface area contributed by atoms with Crippen LogP contribution in [0.5, 0.6) is 11.6 Å². The van der Waals surface area contributed by atoms with Gasteiger partial charge < -0.3 is 19.5 Å². The molecule has 1 aliphatic rings. The summed E-state index contributed by atoms with van der Waals surface area (Å²) in [5, 5.41) is 6.74. The van der Waals surface area contributed by atoms with E-state index in [4.69, 9.17) is 9.26 Å². The number of nitrogens with one attached hydrogen (secondary N) is 1. The minimum Gasteiger partial charge on any atom is -0.439 e. The fourth-order valence-corrected chi connectivity index (χ4v) is 3.29. The van der Waals surface area contributed by atoms with Crippen LogP contribution in [-0.4, -0.2) is 39.1 Å². The highest BCUT2D eigenvalue weighted by Crippen LogP contribution is 2.26. The van der Waals surface area contributed by atoms with E-state index in [0.717, 1.165) is 24.2 Å².